The van der Waals surface area contributed by atoms with Crippen LogP contribution < -0.4 is 10.1 Å². The van der Waals surface area contributed by atoms with Gasteiger partial charge in [0.05, 0.1) is 33.0 Å². The number of hydrogen-bond acceptors (Lipinski definition) is 14. The van der Waals surface area contributed by atoms with Crippen molar-refractivity contribution in [3.63, 3.8) is 0 Å². The first-order chi connectivity index (χ1) is 22.6. The van der Waals surface area contributed by atoms with Gasteiger partial charge in [-0.1, -0.05) is 6.07 Å². The minimum Gasteiger partial charge on any atom is -0.479 e. The number of imide groups is 1. The van der Waals surface area contributed by atoms with Crippen molar-refractivity contribution < 1.29 is 72.8 Å². The van der Waals surface area contributed by atoms with Crippen LogP contribution in [0.25, 0.3) is 0 Å². The number of aliphatic hydroxyl groups is 3. The molecule has 0 radical (unpaired) electrons. The maximum Gasteiger partial charge on any atom is 0.335 e. The van der Waals surface area contributed by atoms with Crippen LogP contribution in [0.5, 0.6) is 5.75 Å². The summed E-state index contributed by atoms with van der Waals surface area (Å²) in [5.74, 6) is -2.56. The lowest BCUT2D eigenvalue weighted by molar-refractivity contribution is -0.271. The summed E-state index contributed by atoms with van der Waals surface area (Å²) in [4.78, 5) is 57.9. The molecule has 17 heteroatoms. The quantitative estimate of drug-likeness (QED) is 0.0513. The van der Waals surface area contributed by atoms with E-state index in [-0.39, 0.29) is 50.9 Å². The number of aliphatic hydroxyl groups excluding tert-OH is 3. The first kappa shape index (κ1) is 37.5. The Labute approximate surface area is 269 Å². The van der Waals surface area contributed by atoms with Gasteiger partial charge in [0, 0.05) is 43.8 Å². The Balaban J connectivity index is 1.25. The molecule has 3 amide bonds. The Hall–Kier alpha value is -3.97. The summed E-state index contributed by atoms with van der Waals surface area (Å²) in [7, 11) is 0. The first-order valence-electron chi connectivity index (χ1n) is 14.9. The lowest BCUT2D eigenvalue weighted by atomic mass is 9.99. The van der Waals surface area contributed by atoms with Crippen molar-refractivity contribution in [2.45, 2.75) is 56.6 Å². The molecule has 0 saturated carbocycles. The number of ether oxygens (including phenoxy) is 6. The van der Waals surface area contributed by atoms with E-state index in [0.717, 1.165) is 10.5 Å². The zero-order chi connectivity index (χ0) is 34.2. The molecule has 5 atom stereocenters. The maximum absolute atomic E-state index is 11.8. The Kier molecular flexibility index (Phi) is 15.7. The van der Waals surface area contributed by atoms with E-state index in [9.17, 15) is 44.4 Å². The maximum atomic E-state index is 11.8. The van der Waals surface area contributed by atoms with Gasteiger partial charge in [-0.2, -0.15) is 0 Å². The molecule has 1 fully saturated rings. The summed E-state index contributed by atoms with van der Waals surface area (Å²) in [6.45, 7) is 2.46. The number of carboxylic acids is 1. The molecule has 260 valence electrons. The lowest BCUT2D eigenvalue weighted by Gasteiger charge is -2.38. The smallest absolute Gasteiger partial charge is 0.335 e. The number of carbonyl (C=O) groups is 5. The molecule has 0 bridgehead atoms. The van der Waals surface area contributed by atoms with E-state index in [1.54, 1.807) is 12.1 Å². The molecule has 0 spiro atoms. The number of carboxylic acid groups (broad SMARTS) is 1. The molecule has 1 saturated heterocycles. The summed E-state index contributed by atoms with van der Waals surface area (Å²) < 4.78 is 32.1. The highest BCUT2D eigenvalue weighted by Crippen LogP contribution is 2.28. The van der Waals surface area contributed by atoms with Gasteiger partial charge in [0.1, 0.15) is 30.7 Å². The highest BCUT2D eigenvalue weighted by molar-refractivity contribution is 6.13. The fourth-order valence-corrected chi connectivity index (χ4v) is 4.55. The molecule has 2 heterocycles. The van der Waals surface area contributed by atoms with Crippen LogP contribution in [0.2, 0.25) is 0 Å². The van der Waals surface area contributed by atoms with Crippen molar-refractivity contribution in [2.75, 3.05) is 52.7 Å². The number of rotatable bonds is 22. The fraction of sp³-hybridized carbons (Fsp3) is 0.567. The fourth-order valence-electron chi connectivity index (χ4n) is 4.55. The highest BCUT2D eigenvalue weighted by atomic mass is 16.7. The summed E-state index contributed by atoms with van der Waals surface area (Å²) in [6.07, 6.45) is -5.26. The molecule has 5 N–H and O–H groups in total. The number of nitrogens with zero attached hydrogens (tertiary/aromatic N) is 1. The predicted molar refractivity (Wildman–Crippen MR) is 157 cm³/mol. The van der Waals surface area contributed by atoms with Gasteiger partial charge in [0.15, 0.2) is 6.10 Å². The van der Waals surface area contributed by atoms with Crippen LogP contribution >= 0.6 is 0 Å². The molecular weight excluding hydrogens is 628 g/mol. The molecule has 0 aromatic heterocycles. The van der Waals surface area contributed by atoms with Gasteiger partial charge < -0.3 is 54.2 Å². The van der Waals surface area contributed by atoms with Crippen molar-refractivity contribution in [1.82, 2.24) is 10.2 Å². The van der Waals surface area contributed by atoms with Gasteiger partial charge in [0.25, 0.3) is 18.3 Å². The molecule has 0 unspecified atom stereocenters. The molecular formula is C30H40N2O15. The highest BCUT2D eigenvalue weighted by Gasteiger charge is 2.48. The van der Waals surface area contributed by atoms with Gasteiger partial charge >= 0.3 is 5.97 Å². The number of aliphatic carboxylic acids is 1. The van der Waals surface area contributed by atoms with Crippen LogP contribution in [0.15, 0.2) is 30.4 Å². The second-order valence-corrected chi connectivity index (χ2v) is 10.4. The second-order valence-electron chi connectivity index (χ2n) is 10.4. The van der Waals surface area contributed by atoms with Crippen LogP contribution in [0.1, 0.15) is 24.0 Å². The summed E-state index contributed by atoms with van der Waals surface area (Å²) >= 11 is 0. The molecule has 47 heavy (non-hydrogen) atoms. The molecule has 1 aromatic rings. The second kappa shape index (κ2) is 19.6. The van der Waals surface area contributed by atoms with Crippen LogP contribution in [0.4, 0.5) is 0 Å². The summed E-state index contributed by atoms with van der Waals surface area (Å²) in [5.41, 5.74) is 1.26. The van der Waals surface area contributed by atoms with Crippen LogP contribution in [0, 0.1) is 0 Å². The average molecular weight is 669 g/mol. The van der Waals surface area contributed by atoms with Crippen molar-refractivity contribution in [1.29, 1.82) is 0 Å². The molecule has 2 aliphatic heterocycles. The van der Waals surface area contributed by atoms with Crippen LogP contribution in [-0.2, 0) is 60.7 Å². The number of benzene rings is 1. The normalized spacial score (nSPS) is 22.4. The van der Waals surface area contributed by atoms with Crippen LogP contribution in [-0.4, -0.2) is 139 Å². The zero-order valence-corrected chi connectivity index (χ0v) is 25.6. The zero-order valence-electron chi connectivity index (χ0n) is 25.6. The lowest BCUT2D eigenvalue weighted by Crippen LogP contribution is -2.61. The Morgan fingerprint density at radius 2 is 1.57 bits per heavy atom. The van der Waals surface area contributed by atoms with E-state index in [4.69, 9.17) is 28.4 Å². The van der Waals surface area contributed by atoms with E-state index < -0.39 is 48.5 Å². The minimum absolute atomic E-state index is 0.0142. The van der Waals surface area contributed by atoms with E-state index in [1.165, 1.54) is 18.2 Å². The Bertz CT molecular complexity index is 1220. The Morgan fingerprint density at radius 3 is 2.23 bits per heavy atom. The van der Waals surface area contributed by atoms with E-state index in [2.05, 4.69) is 5.32 Å². The third-order valence-corrected chi connectivity index (χ3v) is 7.02. The topological polar surface area (TPSA) is 237 Å². The number of amides is 3. The number of aryl methyl sites for hydroxylation is 1. The number of carbonyl (C=O) groups excluding carboxylic acids is 4. The summed E-state index contributed by atoms with van der Waals surface area (Å²) in [5, 5.41) is 42.0. The SMILES string of the molecule is O=COCc1cc(CCCOCCOCCOCCNC(=O)CCN2C(=O)C=CC2=O)ccc1O[C@@H]1O[C@H](C(=O)O)[C@@H](O)[C@H](O)[C@H]1O. The average Bonchev–Trinajstić information content (AvgIpc) is 3.37. The van der Waals surface area contributed by atoms with Gasteiger partial charge in [0.2, 0.25) is 12.2 Å². The molecule has 1 aromatic carbocycles. The third-order valence-electron chi connectivity index (χ3n) is 7.02. The van der Waals surface area contributed by atoms with E-state index in [1.807, 2.05) is 0 Å². The van der Waals surface area contributed by atoms with Crippen LogP contribution in [0.3, 0.4) is 0 Å². The van der Waals surface area contributed by atoms with E-state index in [0.29, 0.717) is 51.4 Å². The predicted octanol–water partition coefficient (Wildman–Crippen LogP) is -1.96. The number of hydrogen-bond donors (Lipinski definition) is 5. The largest absolute Gasteiger partial charge is 0.479 e. The monoisotopic (exact) mass is 668 g/mol. The van der Waals surface area contributed by atoms with Gasteiger partial charge in [-0.05, 0) is 30.5 Å². The molecule has 0 aliphatic carbocycles. The molecule has 2 aliphatic rings. The van der Waals surface area contributed by atoms with Gasteiger partial charge in [-0.25, -0.2) is 4.79 Å². The third kappa shape index (κ3) is 12.0. The van der Waals surface area contributed by atoms with E-state index >= 15 is 0 Å². The molecule has 3 rings (SSSR count). The molecule has 17 nitrogen and oxygen atoms in total. The summed E-state index contributed by atoms with van der Waals surface area (Å²) in [6, 6.07) is 4.96. The number of nitrogens with one attached hydrogen (secondary N) is 1. The first-order valence-corrected chi connectivity index (χ1v) is 14.9. The standard InChI is InChI=1S/C30H40N2O15/c33-18-45-17-20-16-19(3-4-21(20)46-30-27(39)25(37)26(38)28(47-30)29(40)41)2-1-10-42-12-14-44-15-13-43-11-8-31-22(34)7-9-32-23(35)5-6-24(32)36/h3-6,16,18,25-28,30,37-39H,1-2,7-15,17H2,(H,31,34)(H,40,41)/t25-,26-,27+,28-,30+/m0/s1. The van der Waals surface area contributed by atoms with Gasteiger partial charge in [-0.15, -0.1) is 0 Å². The van der Waals surface area contributed by atoms with Crippen molar-refractivity contribution in [3.8, 4) is 5.75 Å². The van der Waals surface area contributed by atoms with Crippen molar-refractivity contribution >= 4 is 30.2 Å². The van der Waals surface area contributed by atoms with Crippen molar-refractivity contribution in [3.05, 3.63) is 41.5 Å². The van der Waals surface area contributed by atoms with Crippen molar-refractivity contribution in [2.24, 2.45) is 0 Å². The minimum atomic E-state index is -1.86. The van der Waals surface area contributed by atoms with Gasteiger partial charge in [-0.3, -0.25) is 24.1 Å². The Morgan fingerprint density at radius 1 is 0.915 bits per heavy atom.